The molecular weight excluding hydrogens is 1640 g/mol. The van der Waals surface area contributed by atoms with E-state index in [1.54, 1.807) is 12.1 Å². The van der Waals surface area contributed by atoms with Crippen LogP contribution < -0.4 is 41.5 Å². The molecule has 0 aromatic heterocycles. The van der Waals surface area contributed by atoms with Crippen LogP contribution in [0.25, 0.3) is 21.5 Å². The maximum Gasteiger partial charge on any atom is 0.241 e. The molecule has 712 valence electrons. The van der Waals surface area contributed by atoms with E-state index in [9.17, 15) is 67.8 Å². The van der Waals surface area contributed by atoms with Crippen molar-refractivity contribution in [2.45, 2.75) is 334 Å². The second-order valence-corrected chi connectivity index (χ2v) is 47.5. The van der Waals surface area contributed by atoms with Crippen LogP contribution in [-0.2, 0) is 38.8 Å². The van der Waals surface area contributed by atoms with E-state index in [0.717, 1.165) is 130 Å². The van der Waals surface area contributed by atoms with E-state index >= 15 is 0 Å². The Balaban J connectivity index is 0.435. The smallest absolute Gasteiger partial charge is 0.241 e. The number of carbonyl (C=O) groups excluding carboxylic acids is 6. The molecule has 12 aliphatic rings. The molecule has 13 N–H and O–H groups in total. The third-order valence-electron chi connectivity index (χ3n) is 39.5. The monoisotopic (exact) mass is 1800 g/mol. The Morgan fingerprint density at radius 2 is 0.760 bits per heavy atom. The van der Waals surface area contributed by atoms with E-state index in [0.29, 0.717) is 108 Å². The van der Waals surface area contributed by atoms with Gasteiger partial charge in [-0.3, -0.25) is 28.8 Å². The largest absolute Gasteiger partial charge is 0.393 e. The molecule has 4 aromatic carbocycles. The molecule has 12 fully saturated rings. The number of rotatable bonds is 31. The van der Waals surface area contributed by atoms with Crippen molar-refractivity contribution < 1.29 is 67.8 Å². The summed E-state index contributed by atoms with van der Waals surface area (Å²) in [6.07, 6.45) is 19.3. The van der Waals surface area contributed by atoms with Crippen LogP contribution in [0, 0.1) is 139 Å². The van der Waals surface area contributed by atoms with E-state index in [2.05, 4.69) is 111 Å². The summed E-state index contributed by atoms with van der Waals surface area (Å²) >= 11 is 0. The van der Waals surface area contributed by atoms with Gasteiger partial charge in [0.25, 0.3) is 0 Å². The summed E-state index contributed by atoms with van der Waals surface area (Å²) in [5, 5.41) is 97.9. The first-order valence-corrected chi connectivity index (χ1v) is 52.4. The first-order chi connectivity index (χ1) is 61.4. The minimum Gasteiger partial charge on any atom is -0.393 e. The van der Waals surface area contributed by atoms with Gasteiger partial charge in [0.15, 0.2) is 0 Å². The van der Waals surface area contributed by atoms with Gasteiger partial charge >= 0.3 is 0 Å². The molecule has 23 heteroatoms. The van der Waals surface area contributed by atoms with Gasteiger partial charge in [-0.2, -0.15) is 0 Å². The molecule has 0 radical (unpaired) electrons. The minimum atomic E-state index is -3.86. The highest BCUT2D eigenvalue weighted by molar-refractivity contribution is 7.89. The second-order valence-electron chi connectivity index (χ2n) is 45.8. The fraction of sp³-hybridized carbons (Fsp3) is 0.755. The Hall–Kier alpha value is -6.31. The van der Waals surface area contributed by atoms with E-state index in [1.165, 1.54) is 0 Å². The van der Waals surface area contributed by atoms with Crippen molar-refractivity contribution in [3.63, 3.8) is 0 Å². The molecule has 16 rings (SSSR count). The maximum atomic E-state index is 14.0. The summed E-state index contributed by atoms with van der Waals surface area (Å²) in [5.74, 6) is 1.83. The van der Waals surface area contributed by atoms with Crippen LogP contribution in [0.2, 0.25) is 0 Å². The van der Waals surface area contributed by atoms with Gasteiger partial charge in [-0.1, -0.05) is 142 Å². The summed E-state index contributed by atoms with van der Waals surface area (Å²) in [4.78, 5) is 84.4. The van der Waals surface area contributed by atoms with E-state index in [1.807, 2.05) is 73.6 Å². The zero-order valence-corrected chi connectivity index (χ0v) is 80.2. The lowest BCUT2D eigenvalue weighted by molar-refractivity contribution is -0.205. The van der Waals surface area contributed by atoms with Gasteiger partial charge in [-0.05, 0) is 317 Å². The van der Waals surface area contributed by atoms with E-state index in [-0.39, 0.29) is 212 Å². The van der Waals surface area contributed by atoms with Crippen molar-refractivity contribution in [3.05, 3.63) is 78.9 Å². The average molecular weight is 1800 g/mol. The highest BCUT2D eigenvalue weighted by Gasteiger charge is 2.71. The SMILES string of the molecule is C[C@H](CCC(=O)NCCCC(=O)N[C@@H]1CCC[C@@]2(C)[C@@H]1C[C@@H](O)[C@@H]1[C@@H]2C[C@H](O)[C@]2(C)[C@@H]([C@H](C)CCC(=O)Nc3cccc4ccccc34)CC[C@@H]12)[C@H]1CC[C@H]2[C@@H]3[C@H](O)C[C@@H]4[C@H](NC(=O)CCCNC(=O)CC[C@@H](C)[C@H]5CC[C@H]6[C@@H]7[C@H](O)C[C@@H]8[C@H](NC(=O)CCCNS(=O)(=O)c9cccc%10c(N(C)C)cccc9%10)CCC[C@]8(C)[C@H]7C[C@H](O)[C@]56C)CCC[C@]4(C)[C@H]3C[C@H](O)[C@]12C. The summed E-state index contributed by atoms with van der Waals surface area (Å²) in [6, 6.07) is 24.7. The number of hydrogen-bond acceptors (Lipinski definition) is 15. The molecule has 4 aromatic rings. The number of aliphatic hydroxyl groups excluding tert-OH is 6. The molecule has 0 aliphatic heterocycles. The highest BCUT2D eigenvalue weighted by atomic mass is 32.2. The molecule has 33 atom stereocenters. The predicted molar refractivity (Wildman–Crippen MR) is 505 cm³/mol. The summed E-state index contributed by atoms with van der Waals surface area (Å²) in [6.45, 7) is 21.4. The molecule has 0 heterocycles. The van der Waals surface area contributed by atoms with Gasteiger partial charge in [0.2, 0.25) is 45.5 Å². The van der Waals surface area contributed by atoms with Gasteiger partial charge in [0, 0.05) is 118 Å². The minimum absolute atomic E-state index is 0.000926. The number of anilines is 2. The summed E-state index contributed by atoms with van der Waals surface area (Å²) in [5.41, 5.74) is 0.00655. The number of amides is 6. The number of aliphatic hydroxyl groups is 6. The average Bonchev–Trinajstić information content (AvgIpc) is 1.39. The van der Waals surface area contributed by atoms with Gasteiger partial charge in [-0.25, -0.2) is 13.1 Å². The van der Waals surface area contributed by atoms with Crippen LogP contribution in [0.4, 0.5) is 11.4 Å². The van der Waals surface area contributed by atoms with E-state index in [4.69, 9.17) is 0 Å². The lowest BCUT2D eigenvalue weighted by Gasteiger charge is -2.64. The first-order valence-electron chi connectivity index (χ1n) is 50.9. The zero-order chi connectivity index (χ0) is 91.8. The third kappa shape index (κ3) is 17.9. The molecule has 6 amide bonds. The number of sulfonamides is 1. The van der Waals surface area contributed by atoms with Crippen molar-refractivity contribution in [1.29, 1.82) is 0 Å². The number of nitrogens with one attached hydrogen (secondary N) is 7. The number of fused-ring (bicyclic) bond motifs is 17. The number of nitrogens with zero attached hydrogens (tertiary/aromatic N) is 1. The maximum absolute atomic E-state index is 14.0. The summed E-state index contributed by atoms with van der Waals surface area (Å²) < 4.78 is 30.0. The lowest BCUT2D eigenvalue weighted by Crippen LogP contribution is -2.64. The van der Waals surface area contributed by atoms with Crippen molar-refractivity contribution in [3.8, 4) is 0 Å². The molecule has 22 nitrogen and oxygen atoms in total. The van der Waals surface area contributed by atoms with Gasteiger partial charge in [0.1, 0.15) is 0 Å². The van der Waals surface area contributed by atoms with Crippen LogP contribution in [0.15, 0.2) is 83.8 Å². The fourth-order valence-corrected chi connectivity index (χ4v) is 34.3. The zero-order valence-electron chi connectivity index (χ0n) is 79.4. The number of carbonyl (C=O) groups is 6. The first kappa shape index (κ1) is 95.8. The topological polar surface area (TPSA) is 345 Å². The molecule has 0 spiro atoms. The number of hydrogen-bond donors (Lipinski definition) is 13. The summed E-state index contributed by atoms with van der Waals surface area (Å²) in [7, 11) is -0.00194. The highest BCUT2D eigenvalue weighted by Crippen LogP contribution is 2.73. The fourth-order valence-electron chi connectivity index (χ4n) is 33.0. The standard InChI is InChI=1S/C106H158N8O14S/c1-61(37-46-92(121)108-53-21-35-95(124)112-82-30-18-50-102(5)75(82)56-86(116)100-73-45-42-70(106(73,9)91(120)60-79(100)102)63(3)39-48-97(126)110-80-28-14-24-64-23-12-13-25-65(64)80)68-40-43-71-98-77(58-89(118)104(68,71)7)101(4)49-17-29-81(74(101)55-85(98)115)111-94(123)34-20-52-107-93(122)47-38-62(2)69-41-44-72-99-78(59-90(119)105(69,72)8)103(6)51-19-31-83(76(103)57-87(99)117)113-96(125)36-22-54-109-129(127,128)88-33-16-26-66-67(88)27-15-32-84(66)114(10)11/h12-16,23-28,32-33,61-63,68-79,81-83,85-87,89-91,98-100,109,115-120H,17-22,29-31,34-60H2,1-11H3,(H,107,122)(H,108,121)(H,110,126)(H,111,123)(H,112,124)(H,113,125)/t61-,62-,63-,68-,69-,70-,71+,72+,73+,74-,75-,76-,77+,78+,79+,81-,82-,83-,85-,86-,87-,89+,90+,91+,98+,99+,100+,101+,102+,103+,104-,105-,106-/m1/s1. The Labute approximate surface area is 768 Å². The lowest BCUT2D eigenvalue weighted by atomic mass is 9.42. The number of benzene rings is 4. The Morgan fingerprint density at radius 3 is 1.18 bits per heavy atom. The van der Waals surface area contributed by atoms with Crippen LogP contribution >= 0.6 is 0 Å². The Morgan fingerprint density at radius 1 is 0.395 bits per heavy atom. The van der Waals surface area contributed by atoms with Crippen molar-refractivity contribution in [1.82, 2.24) is 31.3 Å². The van der Waals surface area contributed by atoms with E-state index < -0.39 is 57.5 Å². The molecule has 12 saturated carbocycles. The molecule has 0 saturated heterocycles. The third-order valence-corrected chi connectivity index (χ3v) is 41.1. The quantitative estimate of drug-likeness (QED) is 0.0208. The second kappa shape index (κ2) is 38.5. The van der Waals surface area contributed by atoms with Crippen LogP contribution in [0.3, 0.4) is 0 Å². The molecule has 0 bridgehead atoms. The predicted octanol–water partition coefficient (Wildman–Crippen LogP) is 15.1. The van der Waals surface area contributed by atoms with Crippen LogP contribution in [0.1, 0.15) is 274 Å². The molecular formula is C106H158N8O14S. The van der Waals surface area contributed by atoms with Crippen molar-refractivity contribution in [2.24, 2.45) is 139 Å². The van der Waals surface area contributed by atoms with Gasteiger partial charge in [0.05, 0.1) is 41.5 Å². The Bertz CT molecular complexity index is 4820. The van der Waals surface area contributed by atoms with Crippen molar-refractivity contribution in [2.75, 3.05) is 43.9 Å². The molecule has 0 unspecified atom stereocenters. The van der Waals surface area contributed by atoms with Gasteiger partial charge < -0.3 is 67.4 Å². The van der Waals surface area contributed by atoms with Crippen LogP contribution in [-0.4, -0.2) is 163 Å². The molecule has 129 heavy (non-hydrogen) atoms. The van der Waals surface area contributed by atoms with Gasteiger partial charge in [-0.15, -0.1) is 0 Å². The van der Waals surface area contributed by atoms with Crippen LogP contribution in [0.5, 0.6) is 0 Å². The normalized spacial score (nSPS) is 39.7. The Kier molecular flexibility index (Phi) is 28.6. The molecule has 12 aliphatic carbocycles. The van der Waals surface area contributed by atoms with Crippen molar-refractivity contribution >= 4 is 78.4 Å².